The summed E-state index contributed by atoms with van der Waals surface area (Å²) in [7, 11) is 0. The van der Waals surface area contributed by atoms with Crippen LogP contribution < -0.4 is 0 Å². The third kappa shape index (κ3) is 2.32. The summed E-state index contributed by atoms with van der Waals surface area (Å²) in [5.41, 5.74) is 0.719. The van der Waals surface area contributed by atoms with Crippen molar-refractivity contribution in [2.45, 2.75) is 44.7 Å². The molecule has 1 aromatic carbocycles. The number of fused-ring (bicyclic) bond motifs is 1. The largest absolute Gasteiger partial charge is 0.418 e. The maximum absolute atomic E-state index is 13.0. The first kappa shape index (κ1) is 13.5. The Morgan fingerprint density at radius 3 is 2.45 bits per heavy atom. The lowest BCUT2D eigenvalue weighted by Crippen LogP contribution is -2.10. The van der Waals surface area contributed by atoms with Crippen molar-refractivity contribution < 1.29 is 13.2 Å². The van der Waals surface area contributed by atoms with Crippen LogP contribution in [0, 0.1) is 5.92 Å². The van der Waals surface area contributed by atoms with Gasteiger partial charge in [-0.05, 0) is 36.3 Å². The number of nitrogens with one attached hydrogen (secondary N) is 1. The summed E-state index contributed by atoms with van der Waals surface area (Å²) in [5.74, 6) is 1.13. The van der Waals surface area contributed by atoms with Crippen LogP contribution in [0.3, 0.4) is 0 Å². The summed E-state index contributed by atoms with van der Waals surface area (Å²) in [4.78, 5) is 2.85. The fourth-order valence-corrected chi connectivity index (χ4v) is 3.32. The van der Waals surface area contributed by atoms with Gasteiger partial charge in [0.05, 0.1) is 11.1 Å². The van der Waals surface area contributed by atoms with Crippen LogP contribution in [0.25, 0.3) is 10.9 Å². The third-order valence-electron chi connectivity index (χ3n) is 4.51. The van der Waals surface area contributed by atoms with Gasteiger partial charge in [-0.3, -0.25) is 0 Å². The van der Waals surface area contributed by atoms with Gasteiger partial charge in [0.1, 0.15) is 0 Å². The van der Waals surface area contributed by atoms with Crippen LogP contribution in [0.15, 0.2) is 24.4 Å². The zero-order chi connectivity index (χ0) is 14.3. The highest BCUT2D eigenvalue weighted by Crippen LogP contribution is 2.41. The van der Waals surface area contributed by atoms with Gasteiger partial charge in [0, 0.05) is 11.6 Å². The molecule has 1 heterocycles. The molecule has 0 aliphatic heterocycles. The van der Waals surface area contributed by atoms with Crippen LogP contribution in [0.1, 0.15) is 49.7 Å². The van der Waals surface area contributed by atoms with Crippen LogP contribution in [0.4, 0.5) is 13.2 Å². The summed E-state index contributed by atoms with van der Waals surface area (Å²) in [6.07, 6.45) is 1.95. The van der Waals surface area contributed by atoms with Gasteiger partial charge in [-0.25, -0.2) is 0 Å². The van der Waals surface area contributed by atoms with E-state index in [2.05, 4.69) is 11.9 Å². The number of H-pyrrole nitrogens is 1. The van der Waals surface area contributed by atoms with Gasteiger partial charge in [-0.15, -0.1) is 0 Å². The number of hydrogen-bond donors (Lipinski definition) is 1. The number of rotatable bonds is 1. The minimum Gasteiger partial charge on any atom is -0.360 e. The second-order valence-electron chi connectivity index (χ2n) is 5.93. The molecule has 1 saturated carbocycles. The number of aromatic amines is 1. The molecule has 0 bridgehead atoms. The number of aromatic nitrogens is 1. The molecular formula is C16H18F3N. The molecule has 1 aliphatic carbocycles. The predicted octanol–water partition coefficient (Wildman–Crippen LogP) is 5.48. The normalized spacial score (nSPS) is 24.2. The first-order valence-corrected chi connectivity index (χ1v) is 7.14. The molecule has 3 rings (SSSR count). The van der Waals surface area contributed by atoms with Crippen LogP contribution in [-0.4, -0.2) is 4.98 Å². The quantitative estimate of drug-likeness (QED) is 0.712. The molecule has 1 aromatic heterocycles. The Morgan fingerprint density at radius 1 is 1.10 bits per heavy atom. The topological polar surface area (TPSA) is 15.8 Å². The van der Waals surface area contributed by atoms with Gasteiger partial charge < -0.3 is 4.98 Å². The first-order valence-electron chi connectivity index (χ1n) is 7.14. The van der Waals surface area contributed by atoms with Gasteiger partial charge in [0.15, 0.2) is 0 Å². The van der Waals surface area contributed by atoms with Crippen molar-refractivity contribution in [1.82, 2.24) is 4.98 Å². The molecule has 108 valence electrons. The zero-order valence-electron chi connectivity index (χ0n) is 11.4. The van der Waals surface area contributed by atoms with Crippen molar-refractivity contribution in [2.24, 2.45) is 5.92 Å². The van der Waals surface area contributed by atoms with E-state index in [0.29, 0.717) is 5.92 Å². The second-order valence-corrected chi connectivity index (χ2v) is 5.93. The molecule has 1 N–H and O–H groups in total. The lowest BCUT2D eigenvalue weighted by atomic mass is 9.79. The number of benzene rings is 1. The van der Waals surface area contributed by atoms with Gasteiger partial charge >= 0.3 is 6.18 Å². The maximum Gasteiger partial charge on any atom is 0.418 e. The smallest absolute Gasteiger partial charge is 0.360 e. The van der Waals surface area contributed by atoms with Gasteiger partial charge in [0.2, 0.25) is 0 Å². The van der Waals surface area contributed by atoms with E-state index in [0.717, 1.165) is 48.6 Å². The minimum atomic E-state index is -4.30. The van der Waals surface area contributed by atoms with E-state index in [4.69, 9.17) is 0 Å². The van der Waals surface area contributed by atoms with E-state index in [1.807, 2.05) is 0 Å². The lowest BCUT2D eigenvalue weighted by Gasteiger charge is -2.26. The average Bonchev–Trinajstić information content (AvgIpc) is 2.82. The highest BCUT2D eigenvalue weighted by molar-refractivity contribution is 5.87. The van der Waals surface area contributed by atoms with Crippen LogP contribution in [0.2, 0.25) is 0 Å². The average molecular weight is 281 g/mol. The monoisotopic (exact) mass is 281 g/mol. The third-order valence-corrected chi connectivity index (χ3v) is 4.51. The SMILES string of the molecule is CC1CCC(c2c[nH]c3c(C(F)(F)F)cccc23)CC1. The summed E-state index contributed by atoms with van der Waals surface area (Å²) < 4.78 is 39.0. The Kier molecular flexibility index (Phi) is 3.27. The molecule has 0 unspecified atom stereocenters. The number of halogens is 3. The predicted molar refractivity (Wildman–Crippen MR) is 73.7 cm³/mol. The van der Waals surface area contributed by atoms with Gasteiger partial charge in [-0.1, -0.05) is 31.9 Å². The van der Waals surface area contributed by atoms with Crippen molar-refractivity contribution in [2.75, 3.05) is 0 Å². The molecule has 0 spiro atoms. The van der Waals surface area contributed by atoms with E-state index < -0.39 is 11.7 Å². The zero-order valence-corrected chi connectivity index (χ0v) is 11.4. The molecule has 0 radical (unpaired) electrons. The summed E-state index contributed by atoms with van der Waals surface area (Å²) in [6, 6.07) is 4.45. The highest BCUT2D eigenvalue weighted by atomic mass is 19.4. The molecule has 2 aromatic rings. The standard InChI is InChI=1S/C16H18F3N/c1-10-5-7-11(8-6-10)13-9-20-15-12(13)3-2-4-14(15)16(17,18)19/h2-4,9-11,20H,5-8H2,1H3. The molecule has 0 amide bonds. The van der Waals surface area contributed by atoms with Gasteiger partial charge in [-0.2, -0.15) is 13.2 Å². The van der Waals surface area contributed by atoms with Crippen LogP contribution in [0.5, 0.6) is 0 Å². The number of hydrogen-bond acceptors (Lipinski definition) is 0. The summed E-state index contributed by atoms with van der Waals surface area (Å²) >= 11 is 0. The van der Waals surface area contributed by atoms with Crippen LogP contribution >= 0.6 is 0 Å². The highest BCUT2D eigenvalue weighted by Gasteiger charge is 2.34. The molecule has 1 aliphatic rings. The van der Waals surface area contributed by atoms with Crippen LogP contribution in [-0.2, 0) is 6.18 Å². The lowest BCUT2D eigenvalue weighted by molar-refractivity contribution is -0.136. The van der Waals surface area contributed by atoms with Crippen molar-refractivity contribution in [3.63, 3.8) is 0 Å². The molecule has 0 saturated heterocycles. The molecule has 1 fully saturated rings. The Balaban J connectivity index is 2.02. The molecule has 0 atom stereocenters. The van der Waals surface area contributed by atoms with Crippen molar-refractivity contribution in [3.05, 3.63) is 35.5 Å². The summed E-state index contributed by atoms with van der Waals surface area (Å²) in [5, 5.41) is 0.736. The Labute approximate surface area is 116 Å². The van der Waals surface area contributed by atoms with E-state index in [1.54, 1.807) is 12.3 Å². The maximum atomic E-state index is 13.0. The fraction of sp³-hybridized carbons (Fsp3) is 0.500. The van der Waals surface area contributed by atoms with E-state index >= 15 is 0 Å². The second kappa shape index (κ2) is 4.83. The Hall–Kier alpha value is -1.45. The molecule has 1 nitrogen and oxygen atoms in total. The molecule has 20 heavy (non-hydrogen) atoms. The summed E-state index contributed by atoms with van der Waals surface area (Å²) in [6.45, 7) is 2.24. The van der Waals surface area contributed by atoms with Crippen molar-refractivity contribution in [3.8, 4) is 0 Å². The fourth-order valence-electron chi connectivity index (χ4n) is 3.32. The Morgan fingerprint density at radius 2 is 1.80 bits per heavy atom. The van der Waals surface area contributed by atoms with E-state index in [1.165, 1.54) is 6.07 Å². The van der Waals surface area contributed by atoms with Gasteiger partial charge in [0.25, 0.3) is 0 Å². The van der Waals surface area contributed by atoms with Crippen molar-refractivity contribution in [1.29, 1.82) is 0 Å². The Bertz CT molecular complexity index is 604. The first-order chi connectivity index (χ1) is 9.47. The van der Waals surface area contributed by atoms with Crippen molar-refractivity contribution >= 4 is 10.9 Å². The van der Waals surface area contributed by atoms with E-state index in [9.17, 15) is 13.2 Å². The number of alkyl halides is 3. The minimum absolute atomic E-state index is 0.230. The molecular weight excluding hydrogens is 263 g/mol. The number of para-hydroxylation sites is 1. The van der Waals surface area contributed by atoms with E-state index in [-0.39, 0.29) is 5.52 Å². The molecule has 4 heteroatoms.